The largest absolute Gasteiger partial charge is 0.397 e. The number of pyridine rings is 1. The van der Waals surface area contributed by atoms with Gasteiger partial charge in [-0.25, -0.2) is 14.4 Å². The molecule has 28 heavy (non-hydrogen) atoms. The topological polar surface area (TPSA) is 106 Å². The summed E-state index contributed by atoms with van der Waals surface area (Å²) in [4.78, 5) is 22.2. The maximum absolute atomic E-state index is 14.8. The highest BCUT2D eigenvalue weighted by Gasteiger charge is 2.40. The van der Waals surface area contributed by atoms with E-state index in [0.717, 1.165) is 24.8 Å². The Morgan fingerprint density at radius 3 is 2.82 bits per heavy atom. The van der Waals surface area contributed by atoms with Crippen LogP contribution in [-0.4, -0.2) is 16.1 Å². The zero-order valence-corrected chi connectivity index (χ0v) is 16.1. The number of rotatable bonds is 3. The van der Waals surface area contributed by atoms with E-state index in [-0.39, 0.29) is 11.5 Å². The fourth-order valence-electron chi connectivity index (χ4n) is 3.71. The van der Waals surface area contributed by atoms with Crippen molar-refractivity contribution in [3.63, 3.8) is 0 Å². The standard InChI is InChI=1S/C20H20FN5OS/c1-20(13-3-2-4-17(13)28-19(23)26-20)14-9-12(6-7-15(14)21)25-18(27)16-8-5-11(22)10-24-16/h5-10H,2-4,22H2,1H3,(H2,23,26)(H,25,27). The van der Waals surface area contributed by atoms with Gasteiger partial charge >= 0.3 is 0 Å². The number of aromatic nitrogens is 1. The minimum Gasteiger partial charge on any atom is -0.397 e. The smallest absolute Gasteiger partial charge is 0.274 e. The first-order valence-corrected chi connectivity index (χ1v) is 9.77. The summed E-state index contributed by atoms with van der Waals surface area (Å²) in [6.07, 6.45) is 4.22. The average Bonchev–Trinajstić information content (AvgIpc) is 3.13. The summed E-state index contributed by atoms with van der Waals surface area (Å²) in [6.45, 7) is 1.88. The van der Waals surface area contributed by atoms with Crippen LogP contribution in [-0.2, 0) is 5.54 Å². The molecule has 0 spiro atoms. The van der Waals surface area contributed by atoms with Crippen molar-refractivity contribution < 1.29 is 9.18 Å². The molecule has 144 valence electrons. The van der Waals surface area contributed by atoms with Gasteiger partial charge in [0.1, 0.15) is 17.1 Å². The summed E-state index contributed by atoms with van der Waals surface area (Å²) in [6, 6.07) is 7.63. The molecule has 2 aliphatic rings. The molecule has 4 rings (SSSR count). The van der Waals surface area contributed by atoms with Crippen molar-refractivity contribution in [3.8, 4) is 0 Å². The second-order valence-corrected chi connectivity index (χ2v) is 8.12. The van der Waals surface area contributed by atoms with E-state index < -0.39 is 11.4 Å². The molecule has 1 aromatic heterocycles. The predicted molar refractivity (Wildman–Crippen MR) is 110 cm³/mol. The van der Waals surface area contributed by atoms with Crippen LogP contribution in [0.3, 0.4) is 0 Å². The van der Waals surface area contributed by atoms with Crippen molar-refractivity contribution in [2.45, 2.75) is 31.7 Å². The van der Waals surface area contributed by atoms with Gasteiger partial charge in [-0.2, -0.15) is 0 Å². The number of nitrogens with one attached hydrogen (secondary N) is 1. The molecule has 1 aromatic carbocycles. The van der Waals surface area contributed by atoms with Gasteiger partial charge in [0.05, 0.1) is 11.9 Å². The number of nitrogens with two attached hydrogens (primary N) is 2. The highest BCUT2D eigenvalue weighted by molar-refractivity contribution is 8.17. The van der Waals surface area contributed by atoms with E-state index in [0.29, 0.717) is 22.1 Å². The van der Waals surface area contributed by atoms with E-state index in [1.165, 1.54) is 41.1 Å². The van der Waals surface area contributed by atoms with Crippen molar-refractivity contribution >= 4 is 34.2 Å². The van der Waals surface area contributed by atoms with Crippen LogP contribution >= 0.6 is 11.8 Å². The number of benzene rings is 1. The number of nitrogens with zero attached hydrogens (tertiary/aromatic N) is 2. The van der Waals surface area contributed by atoms with Gasteiger partial charge < -0.3 is 16.8 Å². The number of thioether (sulfide) groups is 1. The molecule has 0 saturated heterocycles. The lowest BCUT2D eigenvalue weighted by molar-refractivity contribution is 0.102. The Morgan fingerprint density at radius 2 is 2.07 bits per heavy atom. The van der Waals surface area contributed by atoms with Crippen LogP contribution < -0.4 is 16.8 Å². The highest BCUT2D eigenvalue weighted by atomic mass is 32.2. The molecule has 2 aromatic rings. The third-order valence-corrected chi connectivity index (χ3v) is 6.08. The van der Waals surface area contributed by atoms with Crippen LogP contribution in [0.5, 0.6) is 0 Å². The summed E-state index contributed by atoms with van der Waals surface area (Å²) >= 11 is 1.47. The van der Waals surface area contributed by atoms with Crippen molar-refractivity contribution in [2.24, 2.45) is 10.7 Å². The molecule has 1 amide bonds. The van der Waals surface area contributed by atoms with Crippen LogP contribution in [0.2, 0.25) is 0 Å². The summed E-state index contributed by atoms with van der Waals surface area (Å²) in [7, 11) is 0. The molecule has 2 heterocycles. The van der Waals surface area contributed by atoms with Crippen molar-refractivity contribution in [2.75, 3.05) is 11.1 Å². The summed E-state index contributed by atoms with van der Waals surface area (Å²) in [5, 5.41) is 3.20. The molecule has 0 radical (unpaired) electrons. The Bertz CT molecular complexity index is 1020. The minimum atomic E-state index is -0.870. The number of hydrogen-bond acceptors (Lipinski definition) is 6. The average molecular weight is 397 g/mol. The third-order valence-electron chi connectivity index (χ3n) is 5.08. The van der Waals surface area contributed by atoms with Gasteiger partial charge in [0.15, 0.2) is 5.17 Å². The van der Waals surface area contributed by atoms with Gasteiger partial charge in [-0.15, -0.1) is 0 Å². The molecule has 0 bridgehead atoms. The van der Waals surface area contributed by atoms with Gasteiger partial charge in [0, 0.05) is 11.3 Å². The molecule has 8 heteroatoms. The zero-order valence-electron chi connectivity index (χ0n) is 15.3. The lowest BCUT2D eigenvalue weighted by Gasteiger charge is -2.33. The number of halogens is 1. The molecular formula is C20H20FN5OS. The lowest BCUT2D eigenvalue weighted by atomic mass is 9.83. The summed E-state index contributed by atoms with van der Waals surface area (Å²) < 4.78 is 14.8. The number of amidine groups is 1. The summed E-state index contributed by atoms with van der Waals surface area (Å²) in [5.41, 5.74) is 13.4. The first kappa shape index (κ1) is 18.5. The Hall–Kier alpha value is -2.87. The second kappa shape index (κ2) is 6.94. The Morgan fingerprint density at radius 1 is 1.25 bits per heavy atom. The maximum Gasteiger partial charge on any atom is 0.274 e. The van der Waals surface area contributed by atoms with Crippen molar-refractivity contribution in [1.29, 1.82) is 0 Å². The van der Waals surface area contributed by atoms with Gasteiger partial charge in [-0.3, -0.25) is 4.79 Å². The van der Waals surface area contributed by atoms with Crippen LogP contribution in [0, 0.1) is 5.82 Å². The van der Waals surface area contributed by atoms with Gasteiger partial charge in [0.2, 0.25) is 0 Å². The fourth-order valence-corrected chi connectivity index (χ4v) is 4.87. The van der Waals surface area contributed by atoms with E-state index in [1.807, 2.05) is 6.92 Å². The highest BCUT2D eigenvalue weighted by Crippen LogP contribution is 2.50. The number of amides is 1. The monoisotopic (exact) mass is 397 g/mol. The number of carbonyl (C=O) groups is 1. The molecule has 0 fully saturated rings. The maximum atomic E-state index is 14.8. The molecule has 1 unspecified atom stereocenters. The van der Waals surface area contributed by atoms with E-state index in [2.05, 4.69) is 15.3 Å². The normalized spacial score (nSPS) is 21.3. The summed E-state index contributed by atoms with van der Waals surface area (Å²) in [5.74, 6) is -0.779. The molecule has 5 N–H and O–H groups in total. The van der Waals surface area contributed by atoms with E-state index >= 15 is 0 Å². The number of nitrogen functional groups attached to an aromatic ring is 1. The Balaban J connectivity index is 1.68. The van der Waals surface area contributed by atoms with Crippen molar-refractivity contribution in [3.05, 3.63) is 64.1 Å². The van der Waals surface area contributed by atoms with Crippen molar-refractivity contribution in [1.82, 2.24) is 4.98 Å². The minimum absolute atomic E-state index is 0.225. The van der Waals surface area contributed by atoms with Gasteiger partial charge in [0.25, 0.3) is 5.91 Å². The number of hydrogen-bond donors (Lipinski definition) is 3. The number of allylic oxidation sites excluding steroid dienone is 1. The number of carbonyl (C=O) groups excluding carboxylic acids is 1. The second-order valence-electron chi connectivity index (χ2n) is 7.01. The predicted octanol–water partition coefficient (Wildman–Crippen LogP) is 3.77. The van der Waals surface area contributed by atoms with E-state index in [4.69, 9.17) is 11.5 Å². The molecule has 1 aliphatic heterocycles. The zero-order chi connectivity index (χ0) is 19.9. The molecule has 1 aliphatic carbocycles. The van der Waals surface area contributed by atoms with E-state index in [1.54, 1.807) is 12.1 Å². The number of aliphatic imine (C=N–C) groups is 1. The lowest BCUT2D eigenvalue weighted by Crippen LogP contribution is -2.30. The Kier molecular flexibility index (Phi) is 4.58. The van der Waals surface area contributed by atoms with Crippen LogP contribution in [0.1, 0.15) is 42.2 Å². The molecule has 6 nitrogen and oxygen atoms in total. The molecular weight excluding hydrogens is 377 g/mol. The Labute approximate surface area is 166 Å². The fraction of sp³-hybridized carbons (Fsp3) is 0.250. The first-order chi connectivity index (χ1) is 13.4. The van der Waals surface area contributed by atoms with Gasteiger partial charge in [-0.05, 0) is 67.0 Å². The first-order valence-electron chi connectivity index (χ1n) is 8.95. The third kappa shape index (κ3) is 3.24. The van der Waals surface area contributed by atoms with Crippen LogP contribution in [0.4, 0.5) is 15.8 Å². The number of anilines is 2. The molecule has 1 atom stereocenters. The van der Waals surface area contributed by atoms with Crippen LogP contribution in [0.15, 0.2) is 52.0 Å². The van der Waals surface area contributed by atoms with Gasteiger partial charge in [-0.1, -0.05) is 11.8 Å². The SMILES string of the molecule is CC1(c2cc(NC(=O)c3ccc(N)cn3)ccc2F)N=C(N)SC2=C1CCC2. The van der Waals surface area contributed by atoms with Crippen LogP contribution in [0.25, 0.3) is 0 Å². The van der Waals surface area contributed by atoms with E-state index in [9.17, 15) is 9.18 Å². The quantitative estimate of drug-likeness (QED) is 0.731. The molecule has 0 saturated carbocycles.